The quantitative estimate of drug-likeness (QED) is 0.184. The lowest BCUT2D eigenvalue weighted by atomic mass is 9.90. The Hall–Kier alpha value is -3.80. The third-order valence-corrected chi connectivity index (χ3v) is 7.45. The molecule has 5 aromatic rings. The smallest absolute Gasteiger partial charge is 0.259 e. The van der Waals surface area contributed by atoms with Crippen LogP contribution in [0.4, 0.5) is 0 Å². The zero-order chi connectivity index (χ0) is 24.9. The summed E-state index contributed by atoms with van der Waals surface area (Å²) in [6.45, 7) is -0.546. The van der Waals surface area contributed by atoms with Gasteiger partial charge in [-0.25, -0.2) is 0 Å². The van der Waals surface area contributed by atoms with Crippen molar-refractivity contribution in [1.29, 1.82) is 0 Å². The molecule has 2 amide bonds. The third kappa shape index (κ3) is 2.62. The SMILES string of the molecule is O=C1NC(=O)c2c1c1c3ccccc3[nH]c1c1[nH]c3c([C@H]4O[C@H](CO)[C@@H](O)[C@@H](O)[C@H]4O)cccc3c21. The number of aliphatic hydroxyl groups is 4. The Morgan fingerprint density at radius 2 is 1.42 bits per heavy atom. The molecule has 36 heavy (non-hydrogen) atoms. The van der Waals surface area contributed by atoms with E-state index in [1.165, 1.54) is 0 Å². The lowest BCUT2D eigenvalue weighted by Crippen LogP contribution is -2.55. The zero-order valence-electron chi connectivity index (χ0n) is 18.6. The second-order valence-corrected chi connectivity index (χ2v) is 9.35. The van der Waals surface area contributed by atoms with E-state index in [1.54, 1.807) is 18.2 Å². The van der Waals surface area contributed by atoms with E-state index < -0.39 is 48.9 Å². The molecule has 1 saturated heterocycles. The Morgan fingerprint density at radius 3 is 2.17 bits per heavy atom. The summed E-state index contributed by atoms with van der Waals surface area (Å²) in [5.41, 5.74) is 3.66. The minimum atomic E-state index is -1.53. The van der Waals surface area contributed by atoms with Gasteiger partial charge in [-0.1, -0.05) is 36.4 Å². The number of aromatic nitrogens is 2. The topological polar surface area (TPSA) is 168 Å². The van der Waals surface area contributed by atoms with E-state index in [0.29, 0.717) is 43.8 Å². The number of hydrogen-bond acceptors (Lipinski definition) is 7. The van der Waals surface area contributed by atoms with Crippen molar-refractivity contribution >= 4 is 55.4 Å². The fourth-order valence-electron chi connectivity index (χ4n) is 5.80. The number of carbonyl (C=O) groups excluding carboxylic acids is 2. The first-order chi connectivity index (χ1) is 17.4. The Morgan fingerprint density at radius 1 is 0.750 bits per heavy atom. The van der Waals surface area contributed by atoms with Gasteiger partial charge in [-0.3, -0.25) is 14.9 Å². The zero-order valence-corrected chi connectivity index (χ0v) is 18.6. The third-order valence-electron chi connectivity index (χ3n) is 7.45. The predicted octanol–water partition coefficient (Wildman–Crippen LogP) is 1.35. The van der Waals surface area contributed by atoms with E-state index >= 15 is 0 Å². The van der Waals surface area contributed by atoms with Crippen molar-refractivity contribution in [2.75, 3.05) is 6.61 Å². The average Bonchev–Trinajstić information content (AvgIpc) is 3.53. The number of nitrogens with one attached hydrogen (secondary N) is 3. The van der Waals surface area contributed by atoms with Crippen molar-refractivity contribution in [3.05, 3.63) is 59.2 Å². The molecule has 5 atom stereocenters. The van der Waals surface area contributed by atoms with E-state index in [2.05, 4.69) is 15.3 Å². The maximum atomic E-state index is 13.0. The maximum absolute atomic E-state index is 13.0. The minimum absolute atomic E-state index is 0.268. The van der Waals surface area contributed by atoms with Crippen LogP contribution in [-0.4, -0.2) is 73.2 Å². The average molecular weight is 487 g/mol. The lowest BCUT2D eigenvalue weighted by Gasteiger charge is -2.40. The van der Waals surface area contributed by atoms with Gasteiger partial charge in [0.2, 0.25) is 0 Å². The number of carbonyl (C=O) groups is 2. The molecule has 4 heterocycles. The Kier molecular flexibility index (Phi) is 4.39. The molecule has 0 radical (unpaired) electrons. The van der Waals surface area contributed by atoms with Gasteiger partial charge in [0.25, 0.3) is 11.8 Å². The van der Waals surface area contributed by atoms with E-state index in [4.69, 9.17) is 4.74 Å². The molecule has 1 fully saturated rings. The van der Waals surface area contributed by atoms with Gasteiger partial charge in [0, 0.05) is 32.6 Å². The number of amides is 2. The number of ether oxygens (including phenoxy) is 1. The summed E-state index contributed by atoms with van der Waals surface area (Å²) in [6.07, 6.45) is -6.62. The van der Waals surface area contributed by atoms with Crippen LogP contribution in [-0.2, 0) is 4.74 Å². The Balaban J connectivity index is 1.59. The van der Waals surface area contributed by atoms with Crippen LogP contribution in [0.1, 0.15) is 32.4 Å². The monoisotopic (exact) mass is 487 g/mol. The summed E-state index contributed by atoms with van der Waals surface area (Å²) < 4.78 is 5.82. The maximum Gasteiger partial charge on any atom is 0.259 e. The van der Waals surface area contributed by atoms with Crippen LogP contribution in [0.2, 0.25) is 0 Å². The highest BCUT2D eigenvalue weighted by atomic mass is 16.5. The summed E-state index contributed by atoms with van der Waals surface area (Å²) in [4.78, 5) is 32.7. The predicted molar refractivity (Wildman–Crippen MR) is 130 cm³/mol. The number of H-pyrrole nitrogens is 2. The van der Waals surface area contributed by atoms with Crippen LogP contribution in [0.15, 0.2) is 42.5 Å². The second kappa shape index (κ2) is 7.36. The van der Waals surface area contributed by atoms with Crippen LogP contribution < -0.4 is 5.32 Å². The van der Waals surface area contributed by atoms with Crippen molar-refractivity contribution in [2.45, 2.75) is 30.5 Å². The number of aliphatic hydroxyl groups excluding tert-OH is 4. The Labute approximate surface area is 202 Å². The van der Waals surface area contributed by atoms with Crippen LogP contribution in [0, 0.1) is 0 Å². The summed E-state index contributed by atoms with van der Waals surface area (Å²) in [5, 5.41) is 46.0. The van der Waals surface area contributed by atoms with Crippen molar-refractivity contribution < 1.29 is 34.8 Å². The first-order valence-corrected chi connectivity index (χ1v) is 11.6. The summed E-state index contributed by atoms with van der Waals surface area (Å²) in [5.74, 6) is -0.961. The van der Waals surface area contributed by atoms with Gasteiger partial charge in [-0.15, -0.1) is 0 Å². The van der Waals surface area contributed by atoms with Gasteiger partial charge >= 0.3 is 0 Å². The largest absolute Gasteiger partial charge is 0.394 e. The van der Waals surface area contributed by atoms with Crippen LogP contribution >= 0.6 is 0 Å². The Bertz CT molecular complexity index is 1750. The molecule has 3 aromatic carbocycles. The molecular weight excluding hydrogens is 466 g/mol. The number of benzene rings is 3. The van der Waals surface area contributed by atoms with Gasteiger partial charge in [0.1, 0.15) is 30.5 Å². The molecule has 0 saturated carbocycles. The van der Waals surface area contributed by atoms with E-state index in [9.17, 15) is 30.0 Å². The molecule has 2 aromatic heterocycles. The standard InChI is InChI=1S/C26H21N3O7/c30-8-13-21(31)22(32)23(33)24(36-13)11-6-3-5-10-15-17-16(25(34)29-26(17)35)14-9-4-1-2-7-12(9)27-19(14)20(15)28-18(10)11/h1-7,13,21-24,27-28,30-33H,8H2,(H,29,34,35)/t13-,21-,22-,23-,24-/m1/s1. The highest BCUT2D eigenvalue weighted by Crippen LogP contribution is 2.44. The normalized spacial score (nSPS) is 26.4. The number of hydrogen-bond donors (Lipinski definition) is 7. The second-order valence-electron chi connectivity index (χ2n) is 9.35. The van der Waals surface area contributed by atoms with Crippen molar-refractivity contribution in [1.82, 2.24) is 15.3 Å². The first kappa shape index (κ1) is 21.5. The van der Waals surface area contributed by atoms with Gasteiger partial charge < -0.3 is 35.1 Å². The van der Waals surface area contributed by atoms with E-state index in [-0.39, 0.29) is 5.56 Å². The molecule has 7 rings (SSSR count). The highest BCUT2D eigenvalue weighted by Gasteiger charge is 2.45. The van der Waals surface area contributed by atoms with Crippen molar-refractivity contribution in [3.63, 3.8) is 0 Å². The van der Waals surface area contributed by atoms with Gasteiger partial charge in [-0.05, 0) is 6.07 Å². The molecule has 2 aliphatic rings. The number of fused-ring (bicyclic) bond motifs is 10. The number of aromatic amines is 2. The van der Waals surface area contributed by atoms with Crippen molar-refractivity contribution in [3.8, 4) is 0 Å². The number of imide groups is 1. The van der Waals surface area contributed by atoms with E-state index in [1.807, 2.05) is 24.3 Å². The number of rotatable bonds is 2. The van der Waals surface area contributed by atoms with Crippen LogP contribution in [0.25, 0.3) is 43.6 Å². The number of para-hydroxylation sites is 2. The molecule has 2 aliphatic heterocycles. The molecule has 7 N–H and O–H groups in total. The highest BCUT2D eigenvalue weighted by molar-refractivity contribution is 6.39. The molecule has 182 valence electrons. The fraction of sp³-hybridized carbons (Fsp3) is 0.231. The molecule has 0 bridgehead atoms. The summed E-state index contributed by atoms with van der Waals surface area (Å²) in [6, 6.07) is 12.8. The van der Waals surface area contributed by atoms with Crippen molar-refractivity contribution in [2.24, 2.45) is 0 Å². The molecule has 0 spiro atoms. The molecule has 10 heteroatoms. The van der Waals surface area contributed by atoms with Gasteiger partial charge in [0.05, 0.1) is 34.3 Å². The fourth-order valence-corrected chi connectivity index (χ4v) is 5.80. The molecular formula is C26H21N3O7. The summed E-state index contributed by atoms with van der Waals surface area (Å²) in [7, 11) is 0. The molecule has 0 aliphatic carbocycles. The van der Waals surface area contributed by atoms with Gasteiger partial charge in [0.15, 0.2) is 0 Å². The minimum Gasteiger partial charge on any atom is -0.394 e. The first-order valence-electron chi connectivity index (χ1n) is 11.6. The molecule has 10 nitrogen and oxygen atoms in total. The van der Waals surface area contributed by atoms with Crippen LogP contribution in [0.3, 0.4) is 0 Å². The van der Waals surface area contributed by atoms with Gasteiger partial charge in [-0.2, -0.15) is 0 Å². The lowest BCUT2D eigenvalue weighted by molar-refractivity contribution is -0.231. The van der Waals surface area contributed by atoms with Crippen LogP contribution in [0.5, 0.6) is 0 Å². The summed E-state index contributed by atoms with van der Waals surface area (Å²) >= 11 is 0. The molecule has 0 unspecified atom stereocenters. The van der Waals surface area contributed by atoms with E-state index in [0.717, 1.165) is 10.9 Å².